The second-order valence-electron chi connectivity index (χ2n) is 6.58. The predicted molar refractivity (Wildman–Crippen MR) is 96.4 cm³/mol. The summed E-state index contributed by atoms with van der Waals surface area (Å²) in [6.07, 6.45) is 6.03. The summed E-state index contributed by atoms with van der Waals surface area (Å²) in [5, 5.41) is 4.53. The lowest BCUT2D eigenvalue weighted by Gasteiger charge is -2.34. The zero-order valence-electron chi connectivity index (χ0n) is 15.1. The number of rotatable bonds is 6. The van der Waals surface area contributed by atoms with Crippen molar-refractivity contribution in [1.82, 2.24) is 24.6 Å². The van der Waals surface area contributed by atoms with E-state index in [0.29, 0.717) is 0 Å². The average molecular weight is 328 g/mol. The minimum atomic E-state index is 0.870. The van der Waals surface area contributed by atoms with Crippen LogP contribution in [0.2, 0.25) is 0 Å². The van der Waals surface area contributed by atoms with Crippen LogP contribution in [0.15, 0.2) is 18.5 Å². The fourth-order valence-corrected chi connectivity index (χ4v) is 3.21. The Morgan fingerprint density at radius 3 is 2.29 bits per heavy atom. The van der Waals surface area contributed by atoms with Crippen LogP contribution < -0.4 is 4.90 Å². The molecule has 6 heteroatoms. The Bertz CT molecular complexity index is 640. The first-order valence-electron chi connectivity index (χ1n) is 8.95. The van der Waals surface area contributed by atoms with Gasteiger partial charge >= 0.3 is 0 Å². The molecule has 0 aromatic carbocycles. The number of hydrogen-bond acceptors (Lipinski definition) is 5. The van der Waals surface area contributed by atoms with Gasteiger partial charge in [0, 0.05) is 57.4 Å². The van der Waals surface area contributed by atoms with Crippen LogP contribution in [0.1, 0.15) is 30.3 Å². The van der Waals surface area contributed by atoms with Gasteiger partial charge in [0.2, 0.25) is 5.95 Å². The van der Waals surface area contributed by atoms with E-state index in [1.165, 1.54) is 11.3 Å². The SMILES string of the molecule is CCc1cnc(N2CCN(CCCn3nc(C)cc3C)CC2)nc1. The Kier molecular flexibility index (Phi) is 5.45. The highest BCUT2D eigenvalue weighted by Crippen LogP contribution is 2.12. The molecule has 1 fully saturated rings. The van der Waals surface area contributed by atoms with Gasteiger partial charge < -0.3 is 4.90 Å². The zero-order valence-corrected chi connectivity index (χ0v) is 15.1. The van der Waals surface area contributed by atoms with Crippen LogP contribution in [-0.4, -0.2) is 57.4 Å². The number of nitrogens with zero attached hydrogens (tertiary/aromatic N) is 6. The van der Waals surface area contributed by atoms with Crippen LogP contribution >= 0.6 is 0 Å². The van der Waals surface area contributed by atoms with E-state index in [1.807, 2.05) is 12.4 Å². The maximum absolute atomic E-state index is 4.53. The highest BCUT2D eigenvalue weighted by atomic mass is 15.3. The molecule has 130 valence electrons. The van der Waals surface area contributed by atoms with Crippen LogP contribution in [0.4, 0.5) is 5.95 Å². The Hall–Kier alpha value is -1.95. The Labute approximate surface area is 144 Å². The smallest absolute Gasteiger partial charge is 0.225 e. The second kappa shape index (κ2) is 7.75. The molecular formula is C18H28N6. The minimum Gasteiger partial charge on any atom is -0.338 e. The van der Waals surface area contributed by atoms with Gasteiger partial charge in [0.15, 0.2) is 0 Å². The molecular weight excluding hydrogens is 300 g/mol. The van der Waals surface area contributed by atoms with Gasteiger partial charge in [0.05, 0.1) is 5.69 Å². The van der Waals surface area contributed by atoms with Crippen LogP contribution in [0.3, 0.4) is 0 Å². The van der Waals surface area contributed by atoms with Crippen LogP contribution in [-0.2, 0) is 13.0 Å². The molecule has 6 nitrogen and oxygen atoms in total. The third kappa shape index (κ3) is 4.12. The molecule has 0 spiro atoms. The first-order valence-corrected chi connectivity index (χ1v) is 8.95. The van der Waals surface area contributed by atoms with Gasteiger partial charge in [-0.1, -0.05) is 6.92 Å². The average Bonchev–Trinajstić information content (AvgIpc) is 2.93. The number of piperazine rings is 1. The van der Waals surface area contributed by atoms with Crippen molar-refractivity contribution >= 4 is 5.95 Å². The molecule has 1 aliphatic rings. The van der Waals surface area contributed by atoms with Crippen molar-refractivity contribution in [3.63, 3.8) is 0 Å². The normalized spacial score (nSPS) is 15.9. The molecule has 0 bridgehead atoms. The monoisotopic (exact) mass is 328 g/mol. The molecule has 0 saturated carbocycles. The van der Waals surface area contributed by atoms with E-state index in [1.54, 1.807) is 0 Å². The summed E-state index contributed by atoms with van der Waals surface area (Å²) in [7, 11) is 0. The first-order chi connectivity index (χ1) is 11.7. The van der Waals surface area contributed by atoms with E-state index in [2.05, 4.69) is 56.4 Å². The van der Waals surface area contributed by atoms with Crippen molar-refractivity contribution in [2.75, 3.05) is 37.6 Å². The topological polar surface area (TPSA) is 50.1 Å². The third-order valence-corrected chi connectivity index (χ3v) is 4.70. The molecule has 0 atom stereocenters. The van der Waals surface area contributed by atoms with Crippen molar-refractivity contribution in [2.24, 2.45) is 0 Å². The molecule has 1 aliphatic heterocycles. The summed E-state index contributed by atoms with van der Waals surface area (Å²) in [5.41, 5.74) is 3.56. The fraction of sp³-hybridized carbons (Fsp3) is 0.611. The summed E-state index contributed by atoms with van der Waals surface area (Å²) >= 11 is 0. The largest absolute Gasteiger partial charge is 0.338 e. The quantitative estimate of drug-likeness (QED) is 0.812. The van der Waals surface area contributed by atoms with Gasteiger partial charge in [-0.25, -0.2) is 9.97 Å². The molecule has 1 saturated heterocycles. The zero-order chi connectivity index (χ0) is 16.9. The first kappa shape index (κ1) is 16.9. The molecule has 24 heavy (non-hydrogen) atoms. The van der Waals surface area contributed by atoms with E-state index in [9.17, 15) is 0 Å². The van der Waals surface area contributed by atoms with E-state index in [0.717, 1.165) is 63.8 Å². The van der Waals surface area contributed by atoms with E-state index < -0.39 is 0 Å². The molecule has 2 aromatic heterocycles. The molecule has 0 N–H and O–H groups in total. The van der Waals surface area contributed by atoms with E-state index in [-0.39, 0.29) is 0 Å². The van der Waals surface area contributed by atoms with Crippen molar-refractivity contribution in [3.05, 3.63) is 35.4 Å². The van der Waals surface area contributed by atoms with E-state index >= 15 is 0 Å². The highest BCUT2D eigenvalue weighted by molar-refractivity contribution is 5.30. The van der Waals surface area contributed by atoms with Crippen molar-refractivity contribution < 1.29 is 0 Å². The number of hydrogen-bond donors (Lipinski definition) is 0. The third-order valence-electron chi connectivity index (χ3n) is 4.70. The molecule has 0 aliphatic carbocycles. The summed E-state index contributed by atoms with van der Waals surface area (Å²) in [5.74, 6) is 0.870. The molecule has 0 amide bonds. The summed E-state index contributed by atoms with van der Waals surface area (Å²) in [6, 6.07) is 2.14. The minimum absolute atomic E-state index is 0.870. The molecule has 0 unspecified atom stereocenters. The summed E-state index contributed by atoms with van der Waals surface area (Å²) in [4.78, 5) is 13.8. The Morgan fingerprint density at radius 2 is 1.71 bits per heavy atom. The van der Waals surface area contributed by atoms with Gasteiger partial charge in [-0.2, -0.15) is 5.10 Å². The van der Waals surface area contributed by atoms with Crippen molar-refractivity contribution in [1.29, 1.82) is 0 Å². The van der Waals surface area contributed by atoms with Gasteiger partial charge in [0.1, 0.15) is 0 Å². The lowest BCUT2D eigenvalue weighted by Crippen LogP contribution is -2.47. The van der Waals surface area contributed by atoms with E-state index in [4.69, 9.17) is 0 Å². The standard InChI is InChI=1S/C18H28N6/c1-4-17-13-19-18(20-14-17)23-10-8-22(9-11-23)6-5-7-24-16(3)12-15(2)21-24/h12-14H,4-11H2,1-3H3. The van der Waals surface area contributed by atoms with Gasteiger partial charge in [-0.05, 0) is 38.3 Å². The summed E-state index contributed by atoms with van der Waals surface area (Å²) in [6.45, 7) is 12.6. The molecule has 2 aromatic rings. The lowest BCUT2D eigenvalue weighted by molar-refractivity contribution is 0.247. The Balaban J connectivity index is 1.42. The van der Waals surface area contributed by atoms with Gasteiger partial charge in [0.25, 0.3) is 0 Å². The van der Waals surface area contributed by atoms with Gasteiger partial charge in [-0.3, -0.25) is 9.58 Å². The van der Waals surface area contributed by atoms with Crippen LogP contribution in [0.25, 0.3) is 0 Å². The van der Waals surface area contributed by atoms with Crippen LogP contribution in [0.5, 0.6) is 0 Å². The predicted octanol–water partition coefficient (Wildman–Crippen LogP) is 2.06. The Morgan fingerprint density at radius 1 is 1.00 bits per heavy atom. The number of aromatic nitrogens is 4. The molecule has 3 heterocycles. The van der Waals surface area contributed by atoms with Crippen molar-refractivity contribution in [3.8, 4) is 0 Å². The summed E-state index contributed by atoms with van der Waals surface area (Å²) < 4.78 is 2.12. The van der Waals surface area contributed by atoms with Gasteiger partial charge in [-0.15, -0.1) is 0 Å². The number of aryl methyl sites for hydroxylation is 4. The van der Waals surface area contributed by atoms with Crippen LogP contribution in [0, 0.1) is 13.8 Å². The second-order valence-corrected chi connectivity index (χ2v) is 6.58. The maximum atomic E-state index is 4.53. The maximum Gasteiger partial charge on any atom is 0.225 e. The molecule has 3 rings (SSSR count). The fourth-order valence-electron chi connectivity index (χ4n) is 3.21. The lowest BCUT2D eigenvalue weighted by atomic mass is 10.2. The molecule has 0 radical (unpaired) electrons. The highest BCUT2D eigenvalue weighted by Gasteiger charge is 2.18. The number of anilines is 1. The van der Waals surface area contributed by atoms with Crippen molar-refractivity contribution in [2.45, 2.75) is 40.2 Å².